The Kier molecular flexibility index (Phi) is 5.17. The van der Waals surface area contributed by atoms with Crippen molar-refractivity contribution in [2.75, 3.05) is 11.9 Å². The number of halogens is 3. The van der Waals surface area contributed by atoms with E-state index in [4.69, 9.17) is 0 Å². The number of urea groups is 1. The van der Waals surface area contributed by atoms with Crippen LogP contribution in [0.2, 0.25) is 0 Å². The van der Waals surface area contributed by atoms with E-state index in [0.29, 0.717) is 5.56 Å². The van der Waals surface area contributed by atoms with Gasteiger partial charge in [-0.25, -0.2) is 9.78 Å². The van der Waals surface area contributed by atoms with Gasteiger partial charge in [-0.05, 0) is 17.7 Å². The summed E-state index contributed by atoms with van der Waals surface area (Å²) in [5.74, 6) is 0. The molecule has 0 saturated carbocycles. The Morgan fingerprint density at radius 1 is 1.17 bits per heavy atom. The lowest BCUT2D eigenvalue weighted by atomic mass is 10.1. The van der Waals surface area contributed by atoms with Gasteiger partial charge in [0, 0.05) is 0 Å². The summed E-state index contributed by atoms with van der Waals surface area (Å²) in [7, 11) is 0. The van der Waals surface area contributed by atoms with Crippen molar-refractivity contribution in [2.24, 2.45) is 0 Å². The van der Waals surface area contributed by atoms with Crippen LogP contribution in [0.15, 0.2) is 48.7 Å². The van der Waals surface area contributed by atoms with Gasteiger partial charge in [-0.1, -0.05) is 30.3 Å². The topological polar surface area (TPSA) is 74.2 Å². The van der Waals surface area contributed by atoms with Crippen LogP contribution >= 0.6 is 0 Å². The first-order chi connectivity index (χ1) is 10.9. The minimum Gasteiger partial charge on any atom is -0.394 e. The fourth-order valence-corrected chi connectivity index (χ4v) is 1.88. The number of pyridine rings is 1. The van der Waals surface area contributed by atoms with Crippen LogP contribution in [0.3, 0.4) is 0 Å². The molecule has 2 aromatic rings. The first-order valence-electron chi connectivity index (χ1n) is 6.66. The van der Waals surface area contributed by atoms with E-state index in [2.05, 4.69) is 15.6 Å². The van der Waals surface area contributed by atoms with E-state index >= 15 is 0 Å². The molecule has 2 rings (SSSR count). The molecule has 0 radical (unpaired) electrons. The van der Waals surface area contributed by atoms with Gasteiger partial charge in [0.1, 0.15) is 5.69 Å². The number of aliphatic hydroxyl groups excluding tert-OH is 1. The first-order valence-corrected chi connectivity index (χ1v) is 6.66. The van der Waals surface area contributed by atoms with Crippen LogP contribution in [-0.4, -0.2) is 22.7 Å². The molecule has 2 amide bonds. The molecule has 23 heavy (non-hydrogen) atoms. The molecule has 1 aromatic heterocycles. The van der Waals surface area contributed by atoms with Crippen LogP contribution in [0.25, 0.3) is 0 Å². The summed E-state index contributed by atoms with van der Waals surface area (Å²) in [5.41, 5.74) is -0.225. The molecule has 0 saturated heterocycles. The summed E-state index contributed by atoms with van der Waals surface area (Å²) in [4.78, 5) is 15.1. The summed E-state index contributed by atoms with van der Waals surface area (Å²) in [5, 5.41) is 14.2. The van der Waals surface area contributed by atoms with Crippen LogP contribution < -0.4 is 10.6 Å². The van der Waals surface area contributed by atoms with E-state index in [1.807, 2.05) is 0 Å². The van der Waals surface area contributed by atoms with Crippen LogP contribution in [0, 0.1) is 0 Å². The number of nitrogens with one attached hydrogen (secondary N) is 2. The van der Waals surface area contributed by atoms with Gasteiger partial charge in [0.25, 0.3) is 0 Å². The van der Waals surface area contributed by atoms with Crippen molar-refractivity contribution in [3.8, 4) is 0 Å². The standard InChI is InChI=1S/C15H14F3N3O2/c16-15(17,18)13-7-6-11(8-19-13)20-14(23)21-12(9-22)10-4-2-1-3-5-10/h1-8,12,22H,9H2,(H2,20,21,23)/t12-/m1/s1. The highest BCUT2D eigenvalue weighted by Gasteiger charge is 2.32. The predicted molar refractivity (Wildman–Crippen MR) is 77.7 cm³/mol. The minimum absolute atomic E-state index is 0.111. The lowest BCUT2D eigenvalue weighted by Gasteiger charge is -2.17. The number of benzene rings is 1. The SMILES string of the molecule is O=C(Nc1ccc(C(F)(F)F)nc1)N[C@H](CO)c1ccccc1. The van der Waals surface area contributed by atoms with Crippen LogP contribution in [-0.2, 0) is 6.18 Å². The van der Waals surface area contributed by atoms with E-state index in [1.54, 1.807) is 30.3 Å². The van der Waals surface area contributed by atoms with Gasteiger partial charge >= 0.3 is 12.2 Å². The Labute approximate surface area is 130 Å². The molecule has 0 fully saturated rings. The Bertz CT molecular complexity index is 645. The van der Waals surface area contributed by atoms with Gasteiger partial charge in [-0.2, -0.15) is 13.2 Å². The van der Waals surface area contributed by atoms with Gasteiger partial charge in [-0.15, -0.1) is 0 Å². The fraction of sp³-hybridized carbons (Fsp3) is 0.200. The fourth-order valence-electron chi connectivity index (χ4n) is 1.88. The highest BCUT2D eigenvalue weighted by Crippen LogP contribution is 2.27. The normalized spacial score (nSPS) is 12.5. The number of alkyl halides is 3. The average molecular weight is 325 g/mol. The second-order valence-corrected chi connectivity index (χ2v) is 4.67. The van der Waals surface area contributed by atoms with Crippen LogP contribution in [0.1, 0.15) is 17.3 Å². The molecule has 3 N–H and O–H groups in total. The average Bonchev–Trinajstić information content (AvgIpc) is 2.53. The Hall–Kier alpha value is -2.61. The summed E-state index contributed by atoms with van der Waals surface area (Å²) in [6.07, 6.45) is -3.62. The van der Waals surface area contributed by atoms with Crippen molar-refractivity contribution < 1.29 is 23.1 Å². The van der Waals surface area contributed by atoms with E-state index in [-0.39, 0.29) is 12.3 Å². The largest absolute Gasteiger partial charge is 0.433 e. The summed E-state index contributed by atoms with van der Waals surface area (Å²) < 4.78 is 37.2. The van der Waals surface area contributed by atoms with Crippen LogP contribution in [0.4, 0.5) is 23.7 Å². The third-order valence-electron chi connectivity index (χ3n) is 3.00. The van der Waals surface area contributed by atoms with Gasteiger partial charge in [-0.3, -0.25) is 0 Å². The molecule has 0 aliphatic carbocycles. The molecule has 1 heterocycles. The Morgan fingerprint density at radius 3 is 2.39 bits per heavy atom. The number of hydrogen-bond acceptors (Lipinski definition) is 3. The molecule has 0 unspecified atom stereocenters. The van der Waals surface area contributed by atoms with E-state index < -0.39 is 23.9 Å². The van der Waals surface area contributed by atoms with Crippen molar-refractivity contribution in [2.45, 2.75) is 12.2 Å². The van der Waals surface area contributed by atoms with Gasteiger partial charge < -0.3 is 15.7 Å². The molecule has 0 spiro atoms. The number of amides is 2. The predicted octanol–water partition coefficient (Wildman–Crippen LogP) is 2.96. The zero-order valence-corrected chi connectivity index (χ0v) is 11.8. The number of nitrogens with zero attached hydrogens (tertiary/aromatic N) is 1. The Balaban J connectivity index is 1.99. The smallest absolute Gasteiger partial charge is 0.394 e. The summed E-state index contributed by atoms with van der Waals surface area (Å²) >= 11 is 0. The maximum absolute atomic E-state index is 12.4. The number of rotatable bonds is 4. The van der Waals surface area contributed by atoms with Crippen molar-refractivity contribution >= 4 is 11.7 Å². The Morgan fingerprint density at radius 2 is 1.87 bits per heavy atom. The zero-order valence-electron chi connectivity index (χ0n) is 11.8. The zero-order chi connectivity index (χ0) is 16.9. The van der Waals surface area contributed by atoms with Gasteiger partial charge in [0.05, 0.1) is 24.5 Å². The van der Waals surface area contributed by atoms with Crippen molar-refractivity contribution in [1.29, 1.82) is 0 Å². The van der Waals surface area contributed by atoms with Crippen molar-refractivity contribution in [1.82, 2.24) is 10.3 Å². The van der Waals surface area contributed by atoms with E-state index in [0.717, 1.165) is 18.3 Å². The number of carbonyl (C=O) groups excluding carboxylic acids is 1. The second kappa shape index (κ2) is 7.10. The van der Waals surface area contributed by atoms with E-state index in [1.165, 1.54) is 0 Å². The number of anilines is 1. The molecule has 0 aliphatic heterocycles. The maximum Gasteiger partial charge on any atom is 0.433 e. The molecule has 8 heteroatoms. The van der Waals surface area contributed by atoms with Gasteiger partial charge in [0.2, 0.25) is 0 Å². The molecule has 0 aliphatic rings. The first kappa shape index (κ1) is 16.8. The maximum atomic E-state index is 12.4. The molecule has 1 atom stereocenters. The lowest BCUT2D eigenvalue weighted by Crippen LogP contribution is -2.34. The third kappa shape index (κ3) is 4.68. The second-order valence-electron chi connectivity index (χ2n) is 4.67. The number of hydrogen-bond donors (Lipinski definition) is 3. The molecule has 1 aromatic carbocycles. The molecular weight excluding hydrogens is 311 g/mol. The highest BCUT2D eigenvalue weighted by atomic mass is 19.4. The minimum atomic E-state index is -4.53. The molecule has 122 valence electrons. The summed E-state index contributed by atoms with van der Waals surface area (Å²) in [6, 6.07) is 9.39. The molecule has 5 nitrogen and oxygen atoms in total. The molecular formula is C15H14F3N3O2. The third-order valence-corrected chi connectivity index (χ3v) is 3.00. The number of aromatic nitrogens is 1. The lowest BCUT2D eigenvalue weighted by molar-refractivity contribution is -0.141. The summed E-state index contributed by atoms with van der Waals surface area (Å²) in [6.45, 7) is -0.317. The van der Waals surface area contributed by atoms with E-state index in [9.17, 15) is 23.1 Å². The highest BCUT2D eigenvalue weighted by molar-refractivity contribution is 5.89. The monoisotopic (exact) mass is 325 g/mol. The van der Waals surface area contributed by atoms with Crippen molar-refractivity contribution in [3.63, 3.8) is 0 Å². The van der Waals surface area contributed by atoms with Crippen molar-refractivity contribution in [3.05, 3.63) is 59.9 Å². The number of carbonyl (C=O) groups is 1. The van der Waals surface area contributed by atoms with Gasteiger partial charge in [0.15, 0.2) is 0 Å². The van der Waals surface area contributed by atoms with Crippen LogP contribution in [0.5, 0.6) is 0 Å². The number of aliphatic hydroxyl groups is 1. The molecule has 0 bridgehead atoms. The quantitative estimate of drug-likeness (QED) is 0.809.